The molecule has 0 fully saturated rings. The highest BCUT2D eigenvalue weighted by Crippen LogP contribution is 2.19. The molecule has 0 aliphatic rings. The van der Waals surface area contributed by atoms with Gasteiger partial charge in [-0.05, 0) is 43.0 Å². The maximum absolute atomic E-state index is 13.3. The number of hydrogen-bond donors (Lipinski definition) is 1. The second-order valence-electron chi connectivity index (χ2n) is 7.81. The van der Waals surface area contributed by atoms with Crippen LogP contribution in [0.15, 0.2) is 48.5 Å². The van der Waals surface area contributed by atoms with E-state index in [-0.39, 0.29) is 41.7 Å². The molecule has 2 rings (SSSR count). The lowest BCUT2D eigenvalue weighted by Gasteiger charge is -2.31. The number of nitrogens with one attached hydrogen (secondary N) is 1. The van der Waals surface area contributed by atoms with Crippen molar-refractivity contribution >= 4 is 29.3 Å². The molecule has 0 radical (unpaired) electrons. The lowest BCUT2D eigenvalue weighted by Crippen LogP contribution is -2.51. The lowest BCUT2D eigenvalue weighted by atomic mass is 10.1. The van der Waals surface area contributed by atoms with E-state index < -0.39 is 11.0 Å². The summed E-state index contributed by atoms with van der Waals surface area (Å²) in [6.07, 6.45) is 1.22. The summed E-state index contributed by atoms with van der Waals surface area (Å²) in [6.45, 7) is 5.94. The summed E-state index contributed by atoms with van der Waals surface area (Å²) in [5, 5.41) is 13.7. The molecule has 0 bridgehead atoms. The number of nitro benzene ring substituents is 1. The standard InChI is InChI=1S/C24H30FN3O4S/c1-4-17(3)26-24(30)22(5-2)27(14-18-6-10-20(25)11-7-18)23(29)16-33-15-19-8-12-21(13-9-19)28(31)32/h6-13,17,22H,4-5,14-16H2,1-3H3,(H,26,30)/t17-,22+/m1/s1. The summed E-state index contributed by atoms with van der Waals surface area (Å²) in [6, 6.07) is 11.4. The zero-order chi connectivity index (χ0) is 24.4. The average molecular weight is 476 g/mol. The maximum Gasteiger partial charge on any atom is 0.269 e. The third kappa shape index (κ3) is 8.16. The molecule has 2 amide bonds. The van der Waals surface area contributed by atoms with Gasteiger partial charge in [-0.15, -0.1) is 11.8 Å². The van der Waals surface area contributed by atoms with Crippen LogP contribution in [0.2, 0.25) is 0 Å². The van der Waals surface area contributed by atoms with Crippen LogP contribution in [0.3, 0.4) is 0 Å². The van der Waals surface area contributed by atoms with E-state index in [2.05, 4.69) is 5.32 Å². The molecular formula is C24H30FN3O4S. The Balaban J connectivity index is 2.11. The van der Waals surface area contributed by atoms with Crippen LogP contribution >= 0.6 is 11.8 Å². The SMILES string of the molecule is CC[C@@H](C)NC(=O)[C@H](CC)N(Cc1ccc(F)cc1)C(=O)CSCc1ccc([N+](=O)[O-])cc1. The first kappa shape index (κ1) is 26.3. The van der Waals surface area contributed by atoms with Crippen LogP contribution < -0.4 is 5.32 Å². The number of nitrogens with zero attached hydrogens (tertiary/aromatic N) is 2. The van der Waals surface area contributed by atoms with Crippen molar-refractivity contribution in [3.63, 3.8) is 0 Å². The van der Waals surface area contributed by atoms with E-state index in [0.29, 0.717) is 12.2 Å². The molecule has 33 heavy (non-hydrogen) atoms. The molecule has 1 N–H and O–H groups in total. The van der Waals surface area contributed by atoms with E-state index >= 15 is 0 Å². The number of non-ortho nitro benzene ring substituents is 1. The third-order valence-electron chi connectivity index (χ3n) is 5.29. The van der Waals surface area contributed by atoms with Gasteiger partial charge < -0.3 is 10.2 Å². The zero-order valence-corrected chi connectivity index (χ0v) is 19.9. The minimum atomic E-state index is -0.642. The summed E-state index contributed by atoms with van der Waals surface area (Å²) in [5.74, 6) is -0.119. The molecule has 9 heteroatoms. The monoisotopic (exact) mass is 475 g/mol. The molecule has 2 aromatic rings. The highest BCUT2D eigenvalue weighted by molar-refractivity contribution is 7.99. The van der Waals surface area contributed by atoms with E-state index in [4.69, 9.17) is 0 Å². The third-order valence-corrected chi connectivity index (χ3v) is 6.28. The van der Waals surface area contributed by atoms with E-state index in [0.717, 1.165) is 17.5 Å². The van der Waals surface area contributed by atoms with Gasteiger partial charge >= 0.3 is 0 Å². The normalized spacial score (nSPS) is 12.6. The summed E-state index contributed by atoms with van der Waals surface area (Å²) in [5.41, 5.74) is 1.62. The molecule has 7 nitrogen and oxygen atoms in total. The molecule has 178 valence electrons. The first-order chi connectivity index (χ1) is 15.7. The summed E-state index contributed by atoms with van der Waals surface area (Å²) in [4.78, 5) is 37.9. The van der Waals surface area contributed by atoms with Crippen molar-refractivity contribution in [3.05, 3.63) is 75.6 Å². The quantitative estimate of drug-likeness (QED) is 0.355. The van der Waals surface area contributed by atoms with Gasteiger partial charge in [0.25, 0.3) is 5.69 Å². The van der Waals surface area contributed by atoms with Gasteiger partial charge in [-0.2, -0.15) is 0 Å². The van der Waals surface area contributed by atoms with Gasteiger partial charge in [0.05, 0.1) is 10.7 Å². The summed E-state index contributed by atoms with van der Waals surface area (Å²) >= 11 is 1.38. The van der Waals surface area contributed by atoms with Crippen molar-refractivity contribution in [2.45, 2.75) is 58.0 Å². The minimum absolute atomic E-state index is 0.00849. The molecule has 0 saturated carbocycles. The number of thioether (sulfide) groups is 1. The zero-order valence-electron chi connectivity index (χ0n) is 19.1. The number of carbonyl (C=O) groups is 2. The van der Waals surface area contributed by atoms with E-state index in [1.54, 1.807) is 29.2 Å². The second-order valence-corrected chi connectivity index (χ2v) is 8.79. The molecule has 0 spiro atoms. The van der Waals surface area contributed by atoms with Crippen molar-refractivity contribution in [1.82, 2.24) is 10.2 Å². The van der Waals surface area contributed by atoms with Crippen LogP contribution in [-0.2, 0) is 21.9 Å². The highest BCUT2D eigenvalue weighted by atomic mass is 32.2. The maximum atomic E-state index is 13.3. The van der Waals surface area contributed by atoms with Crippen molar-refractivity contribution in [2.24, 2.45) is 0 Å². The number of halogens is 1. The van der Waals surface area contributed by atoms with Gasteiger partial charge in [0.2, 0.25) is 11.8 Å². The smallest absolute Gasteiger partial charge is 0.269 e. The fraction of sp³-hybridized carbons (Fsp3) is 0.417. The second kappa shape index (κ2) is 12.9. The first-order valence-corrected chi connectivity index (χ1v) is 12.1. The number of rotatable bonds is 12. The van der Waals surface area contributed by atoms with Crippen molar-refractivity contribution < 1.29 is 18.9 Å². The Morgan fingerprint density at radius 2 is 1.67 bits per heavy atom. The Bertz CT molecular complexity index is 938. The van der Waals surface area contributed by atoms with Crippen LogP contribution in [0.1, 0.15) is 44.7 Å². The van der Waals surface area contributed by atoms with Gasteiger partial charge in [0, 0.05) is 30.5 Å². The molecule has 0 aromatic heterocycles. The molecule has 0 unspecified atom stereocenters. The molecule has 2 aromatic carbocycles. The van der Waals surface area contributed by atoms with Crippen molar-refractivity contribution in [3.8, 4) is 0 Å². The number of carbonyl (C=O) groups excluding carboxylic acids is 2. The Hall–Kier alpha value is -2.94. The summed E-state index contributed by atoms with van der Waals surface area (Å²) in [7, 11) is 0. The predicted octanol–water partition coefficient (Wildman–Crippen LogP) is 4.69. The fourth-order valence-electron chi connectivity index (χ4n) is 3.20. The number of amides is 2. The van der Waals surface area contributed by atoms with E-state index in [9.17, 15) is 24.1 Å². The van der Waals surface area contributed by atoms with Crippen molar-refractivity contribution in [1.29, 1.82) is 0 Å². The number of nitro groups is 1. The minimum Gasteiger partial charge on any atom is -0.352 e. The average Bonchev–Trinajstić information content (AvgIpc) is 2.80. The molecule has 2 atom stereocenters. The summed E-state index contributed by atoms with van der Waals surface area (Å²) < 4.78 is 13.3. The lowest BCUT2D eigenvalue weighted by molar-refractivity contribution is -0.384. The van der Waals surface area contributed by atoms with Gasteiger partial charge in [-0.1, -0.05) is 38.1 Å². The largest absolute Gasteiger partial charge is 0.352 e. The van der Waals surface area contributed by atoms with Gasteiger partial charge in [0.15, 0.2) is 0 Å². The van der Waals surface area contributed by atoms with Gasteiger partial charge in [-0.25, -0.2) is 4.39 Å². The number of hydrogen-bond acceptors (Lipinski definition) is 5. The predicted molar refractivity (Wildman–Crippen MR) is 128 cm³/mol. The Morgan fingerprint density at radius 3 is 2.21 bits per heavy atom. The first-order valence-electron chi connectivity index (χ1n) is 10.9. The van der Waals surface area contributed by atoms with Crippen LogP contribution in [0.4, 0.5) is 10.1 Å². The fourth-order valence-corrected chi connectivity index (χ4v) is 4.07. The highest BCUT2D eigenvalue weighted by Gasteiger charge is 2.29. The van der Waals surface area contributed by atoms with Crippen LogP contribution in [0.25, 0.3) is 0 Å². The molecule has 0 saturated heterocycles. The van der Waals surface area contributed by atoms with E-state index in [1.807, 2.05) is 20.8 Å². The molecule has 0 aliphatic heterocycles. The Morgan fingerprint density at radius 1 is 1.06 bits per heavy atom. The van der Waals surface area contributed by atoms with Gasteiger partial charge in [-0.3, -0.25) is 19.7 Å². The molecular weight excluding hydrogens is 445 g/mol. The van der Waals surface area contributed by atoms with Crippen LogP contribution in [0.5, 0.6) is 0 Å². The van der Waals surface area contributed by atoms with Crippen LogP contribution in [0, 0.1) is 15.9 Å². The topological polar surface area (TPSA) is 92.6 Å². The van der Waals surface area contributed by atoms with Crippen molar-refractivity contribution in [2.75, 3.05) is 5.75 Å². The molecule has 0 heterocycles. The number of benzene rings is 2. The van der Waals surface area contributed by atoms with Crippen LogP contribution in [-0.4, -0.2) is 39.5 Å². The Labute approximate surface area is 197 Å². The Kier molecular flexibility index (Phi) is 10.3. The van der Waals surface area contributed by atoms with E-state index in [1.165, 1.54) is 36.0 Å². The molecule has 0 aliphatic carbocycles. The van der Waals surface area contributed by atoms with Gasteiger partial charge in [0.1, 0.15) is 11.9 Å².